The maximum atomic E-state index is 12.7. The predicted molar refractivity (Wildman–Crippen MR) is 109 cm³/mol. The minimum atomic E-state index is -0.360. The SMILES string of the molecule is CCCOc1ccccc1NC(=O)C1CCN(c2ccccc2[N+](=O)[O-])CC1. The Hall–Kier alpha value is -3.09. The molecule has 2 aromatic rings. The Labute approximate surface area is 164 Å². The fourth-order valence-corrected chi connectivity index (χ4v) is 3.41. The van der Waals surface area contributed by atoms with Crippen LogP contribution in [0.2, 0.25) is 0 Å². The number of benzene rings is 2. The van der Waals surface area contributed by atoms with E-state index in [0.717, 1.165) is 6.42 Å². The molecule has 1 aliphatic rings. The molecule has 1 aliphatic heterocycles. The van der Waals surface area contributed by atoms with Gasteiger partial charge in [0.1, 0.15) is 11.4 Å². The van der Waals surface area contributed by atoms with E-state index in [9.17, 15) is 14.9 Å². The summed E-state index contributed by atoms with van der Waals surface area (Å²) >= 11 is 0. The van der Waals surface area contributed by atoms with E-state index in [1.807, 2.05) is 36.1 Å². The van der Waals surface area contributed by atoms with Gasteiger partial charge in [-0.3, -0.25) is 14.9 Å². The summed E-state index contributed by atoms with van der Waals surface area (Å²) in [7, 11) is 0. The molecular formula is C21H25N3O4. The van der Waals surface area contributed by atoms with Gasteiger partial charge < -0.3 is 15.0 Å². The first kappa shape index (κ1) is 19.7. The zero-order chi connectivity index (χ0) is 19.9. The predicted octanol–water partition coefficient (Wildman–Crippen LogP) is 4.24. The fraction of sp³-hybridized carbons (Fsp3) is 0.381. The van der Waals surface area contributed by atoms with E-state index in [1.165, 1.54) is 6.07 Å². The molecule has 0 spiro atoms. The quantitative estimate of drug-likeness (QED) is 0.571. The zero-order valence-electron chi connectivity index (χ0n) is 16.0. The van der Waals surface area contributed by atoms with Crippen molar-refractivity contribution in [3.63, 3.8) is 0 Å². The molecule has 0 radical (unpaired) electrons. The largest absolute Gasteiger partial charge is 0.491 e. The summed E-state index contributed by atoms with van der Waals surface area (Å²) in [5.74, 6) is 0.517. The lowest BCUT2D eigenvalue weighted by molar-refractivity contribution is -0.384. The maximum Gasteiger partial charge on any atom is 0.292 e. The number of piperidine rings is 1. The molecule has 1 amide bonds. The monoisotopic (exact) mass is 383 g/mol. The van der Waals surface area contributed by atoms with Crippen molar-refractivity contribution in [2.75, 3.05) is 29.9 Å². The molecule has 0 bridgehead atoms. The molecule has 0 unspecified atom stereocenters. The van der Waals surface area contributed by atoms with Crippen molar-refractivity contribution in [3.05, 3.63) is 58.6 Å². The molecule has 0 atom stereocenters. The van der Waals surface area contributed by atoms with Crippen LogP contribution in [0.1, 0.15) is 26.2 Å². The van der Waals surface area contributed by atoms with Gasteiger partial charge in [0.15, 0.2) is 0 Å². The van der Waals surface area contributed by atoms with E-state index in [-0.39, 0.29) is 22.4 Å². The van der Waals surface area contributed by atoms with Gasteiger partial charge in [0.2, 0.25) is 5.91 Å². The number of hydrogen-bond acceptors (Lipinski definition) is 5. The van der Waals surface area contributed by atoms with Gasteiger partial charge in [-0.05, 0) is 37.5 Å². The van der Waals surface area contributed by atoms with Crippen LogP contribution in [0.5, 0.6) is 5.75 Å². The Kier molecular flexibility index (Phi) is 6.47. The van der Waals surface area contributed by atoms with Crippen LogP contribution >= 0.6 is 0 Å². The zero-order valence-corrected chi connectivity index (χ0v) is 16.0. The molecule has 1 saturated heterocycles. The van der Waals surface area contributed by atoms with Crippen molar-refractivity contribution in [2.45, 2.75) is 26.2 Å². The molecule has 28 heavy (non-hydrogen) atoms. The van der Waals surface area contributed by atoms with Crippen molar-refractivity contribution in [1.82, 2.24) is 0 Å². The fourth-order valence-electron chi connectivity index (χ4n) is 3.41. The van der Waals surface area contributed by atoms with Crippen molar-refractivity contribution >= 4 is 23.0 Å². The first-order chi connectivity index (χ1) is 13.6. The molecule has 0 aromatic heterocycles. The second-order valence-electron chi connectivity index (χ2n) is 6.84. The van der Waals surface area contributed by atoms with Gasteiger partial charge in [0.25, 0.3) is 5.69 Å². The highest BCUT2D eigenvalue weighted by Gasteiger charge is 2.28. The molecule has 2 aromatic carbocycles. The number of para-hydroxylation sites is 4. The summed E-state index contributed by atoms with van der Waals surface area (Å²) in [4.78, 5) is 25.6. The molecule has 1 heterocycles. The van der Waals surface area contributed by atoms with Crippen LogP contribution in [-0.2, 0) is 4.79 Å². The van der Waals surface area contributed by atoms with Crippen molar-refractivity contribution in [2.24, 2.45) is 5.92 Å². The number of amides is 1. The van der Waals surface area contributed by atoms with Crippen molar-refractivity contribution < 1.29 is 14.5 Å². The summed E-state index contributed by atoms with van der Waals surface area (Å²) in [5, 5.41) is 14.2. The van der Waals surface area contributed by atoms with Gasteiger partial charge in [-0.1, -0.05) is 31.2 Å². The molecule has 0 saturated carbocycles. The second-order valence-corrected chi connectivity index (χ2v) is 6.84. The summed E-state index contributed by atoms with van der Waals surface area (Å²) in [6.07, 6.45) is 2.19. The third kappa shape index (κ3) is 4.60. The lowest BCUT2D eigenvalue weighted by Gasteiger charge is -2.32. The molecule has 148 valence electrons. The Morgan fingerprint density at radius 3 is 2.57 bits per heavy atom. The van der Waals surface area contributed by atoms with Crippen molar-refractivity contribution in [3.8, 4) is 5.75 Å². The van der Waals surface area contributed by atoms with Crippen LogP contribution in [0.15, 0.2) is 48.5 Å². The number of rotatable bonds is 7. The number of ether oxygens (including phenoxy) is 1. The number of nitro groups is 1. The van der Waals surface area contributed by atoms with Gasteiger partial charge in [0, 0.05) is 25.1 Å². The summed E-state index contributed by atoms with van der Waals surface area (Å²) in [5.41, 5.74) is 1.40. The Morgan fingerprint density at radius 1 is 1.18 bits per heavy atom. The molecular weight excluding hydrogens is 358 g/mol. The smallest absolute Gasteiger partial charge is 0.292 e. The highest BCUT2D eigenvalue weighted by molar-refractivity contribution is 5.94. The van der Waals surface area contributed by atoms with Crippen LogP contribution in [0.4, 0.5) is 17.1 Å². The molecule has 1 fully saturated rings. The maximum absolute atomic E-state index is 12.7. The highest BCUT2D eigenvalue weighted by Crippen LogP contribution is 2.32. The van der Waals surface area contributed by atoms with E-state index in [0.29, 0.717) is 49.7 Å². The third-order valence-corrected chi connectivity index (χ3v) is 4.89. The normalized spacial score (nSPS) is 14.5. The summed E-state index contributed by atoms with van der Waals surface area (Å²) in [6, 6.07) is 14.2. The van der Waals surface area contributed by atoms with Gasteiger partial charge in [-0.25, -0.2) is 0 Å². The first-order valence-electron chi connectivity index (χ1n) is 9.61. The molecule has 7 heteroatoms. The Bertz CT molecular complexity index is 832. The Balaban J connectivity index is 1.61. The van der Waals surface area contributed by atoms with Gasteiger partial charge in [-0.2, -0.15) is 0 Å². The number of carbonyl (C=O) groups is 1. The molecule has 3 rings (SSSR count). The van der Waals surface area contributed by atoms with Crippen LogP contribution < -0.4 is 15.0 Å². The lowest BCUT2D eigenvalue weighted by atomic mass is 9.95. The van der Waals surface area contributed by atoms with E-state index in [4.69, 9.17) is 4.74 Å². The molecule has 1 N–H and O–H groups in total. The highest BCUT2D eigenvalue weighted by atomic mass is 16.6. The number of hydrogen-bond donors (Lipinski definition) is 1. The Morgan fingerprint density at radius 2 is 1.86 bits per heavy atom. The molecule has 0 aliphatic carbocycles. The number of carbonyl (C=O) groups excluding carboxylic acids is 1. The van der Waals surface area contributed by atoms with Crippen LogP contribution in [0, 0.1) is 16.0 Å². The molecule has 7 nitrogen and oxygen atoms in total. The van der Waals surface area contributed by atoms with E-state index >= 15 is 0 Å². The minimum Gasteiger partial charge on any atom is -0.491 e. The standard InChI is InChI=1S/C21H25N3O4/c1-2-15-28-20-10-6-3-7-17(20)22-21(25)16-11-13-23(14-12-16)18-8-4-5-9-19(18)24(26)27/h3-10,16H,2,11-15H2,1H3,(H,22,25). The van der Waals surface area contributed by atoms with E-state index < -0.39 is 0 Å². The van der Waals surface area contributed by atoms with Crippen LogP contribution in [0.25, 0.3) is 0 Å². The topological polar surface area (TPSA) is 84.7 Å². The van der Waals surface area contributed by atoms with E-state index in [2.05, 4.69) is 5.32 Å². The average Bonchev–Trinajstić information content (AvgIpc) is 2.73. The van der Waals surface area contributed by atoms with E-state index in [1.54, 1.807) is 18.2 Å². The number of nitrogens with one attached hydrogen (secondary N) is 1. The van der Waals surface area contributed by atoms with Crippen molar-refractivity contribution in [1.29, 1.82) is 0 Å². The minimum absolute atomic E-state index is 0.0326. The van der Waals surface area contributed by atoms with Gasteiger partial charge in [0.05, 0.1) is 17.2 Å². The number of anilines is 2. The number of nitrogens with zero attached hydrogens (tertiary/aromatic N) is 2. The number of nitro benzene ring substituents is 1. The average molecular weight is 383 g/mol. The summed E-state index contributed by atoms with van der Waals surface area (Å²) in [6.45, 7) is 3.85. The van der Waals surface area contributed by atoms with Gasteiger partial charge >= 0.3 is 0 Å². The summed E-state index contributed by atoms with van der Waals surface area (Å²) < 4.78 is 5.70. The first-order valence-corrected chi connectivity index (χ1v) is 9.61. The van der Waals surface area contributed by atoms with Crippen LogP contribution in [0.3, 0.4) is 0 Å². The van der Waals surface area contributed by atoms with Gasteiger partial charge in [-0.15, -0.1) is 0 Å². The third-order valence-electron chi connectivity index (χ3n) is 4.89. The lowest BCUT2D eigenvalue weighted by Crippen LogP contribution is -2.38. The second kappa shape index (κ2) is 9.21. The van der Waals surface area contributed by atoms with Crippen LogP contribution in [-0.4, -0.2) is 30.5 Å².